The van der Waals surface area contributed by atoms with E-state index in [4.69, 9.17) is 0 Å². The Hall–Kier alpha value is -1.10. The Morgan fingerprint density at radius 2 is 1.54 bits per heavy atom. The molecule has 0 aromatic carbocycles. The van der Waals surface area contributed by atoms with Crippen LogP contribution in [0.1, 0.15) is 113 Å². The number of rotatable bonds is 4. The van der Waals surface area contributed by atoms with Gasteiger partial charge < -0.3 is 15.5 Å². The van der Waals surface area contributed by atoms with Gasteiger partial charge in [0.05, 0.1) is 11.5 Å². The number of hydrogen-bond donors (Lipinski definition) is 3. The van der Waals surface area contributed by atoms with Crippen molar-refractivity contribution in [2.24, 2.45) is 62.6 Å². The normalized spacial score (nSPS) is 50.4. The first kappa shape index (κ1) is 27.5. The average molecular weight is 516 g/mol. The summed E-state index contributed by atoms with van der Waals surface area (Å²) in [6.07, 6.45) is 10.6. The maximum atomic E-state index is 13.8. The van der Waals surface area contributed by atoms with Crippen LogP contribution in [0.4, 0.5) is 0 Å². The fourth-order valence-electron chi connectivity index (χ4n) is 12.1. The average Bonchev–Trinajstić information content (AvgIpc) is 3.22. The topological polar surface area (TPSA) is 86.6 Å². The van der Waals surface area contributed by atoms with Gasteiger partial charge >= 0.3 is 5.97 Å². The molecule has 3 N–H and O–H groups in total. The molecule has 0 heterocycles. The van der Waals surface area contributed by atoms with Gasteiger partial charge in [-0.2, -0.15) is 0 Å². The SMILES string of the molecule is CC(C)C1CC[C@]2(C(=O)NCC(=O)O)CC[C@]3(C)C(CCC4[C@@]5(C)CC[C@H](O)C(C)(C)C5CC[C@]43C)C12. The molecular weight excluding hydrogens is 462 g/mol. The van der Waals surface area contributed by atoms with E-state index in [0.29, 0.717) is 35.5 Å². The van der Waals surface area contributed by atoms with Gasteiger partial charge in [-0.3, -0.25) is 9.59 Å². The fourth-order valence-corrected chi connectivity index (χ4v) is 12.1. The Bertz CT molecular complexity index is 945. The molecule has 0 spiro atoms. The zero-order chi connectivity index (χ0) is 27.2. The molecule has 10 atom stereocenters. The standard InChI is InChI=1S/C32H53NO4/c1-19(2)20-10-15-32(27(37)33-18-25(35)36)17-16-30(6)21(26(20)32)8-9-23-29(5)13-12-24(34)28(3,4)22(29)11-14-31(23,30)7/h19-24,26,34H,8-18H2,1-7H3,(H,33,37)(H,35,36)/t20?,21?,22?,23?,24-,26?,29-,30+,31+,32-/m0/s1. The number of amides is 1. The first-order chi connectivity index (χ1) is 17.1. The minimum atomic E-state index is -0.959. The van der Waals surface area contributed by atoms with E-state index in [0.717, 1.165) is 38.5 Å². The fraction of sp³-hybridized carbons (Fsp3) is 0.938. The minimum Gasteiger partial charge on any atom is -0.480 e. The summed E-state index contributed by atoms with van der Waals surface area (Å²) in [6.45, 7) is 16.8. The van der Waals surface area contributed by atoms with Crippen LogP contribution in [0.25, 0.3) is 0 Å². The van der Waals surface area contributed by atoms with E-state index >= 15 is 0 Å². The van der Waals surface area contributed by atoms with Gasteiger partial charge in [0.2, 0.25) is 5.91 Å². The van der Waals surface area contributed by atoms with E-state index in [1.807, 2.05) is 0 Å². The first-order valence-electron chi connectivity index (χ1n) is 15.3. The van der Waals surface area contributed by atoms with Crippen molar-refractivity contribution in [3.63, 3.8) is 0 Å². The third-order valence-corrected chi connectivity index (χ3v) is 14.2. The molecule has 0 aromatic heterocycles. The second-order valence-corrected chi connectivity index (χ2v) is 15.7. The summed E-state index contributed by atoms with van der Waals surface area (Å²) >= 11 is 0. The summed E-state index contributed by atoms with van der Waals surface area (Å²) in [4.78, 5) is 25.1. The molecule has 5 rings (SSSR count). The lowest BCUT2D eigenvalue weighted by atomic mass is 9.32. The van der Waals surface area contributed by atoms with Crippen LogP contribution < -0.4 is 5.32 Å². The lowest BCUT2D eigenvalue weighted by molar-refractivity contribution is -0.248. The van der Waals surface area contributed by atoms with Crippen molar-refractivity contribution >= 4 is 11.9 Å². The zero-order valence-corrected chi connectivity index (χ0v) is 24.5. The van der Waals surface area contributed by atoms with Crippen molar-refractivity contribution in [3.8, 4) is 0 Å². The summed E-state index contributed by atoms with van der Waals surface area (Å²) in [5, 5.41) is 23.1. The summed E-state index contributed by atoms with van der Waals surface area (Å²) < 4.78 is 0. The maximum Gasteiger partial charge on any atom is 0.322 e. The van der Waals surface area contributed by atoms with Crippen LogP contribution in [0.5, 0.6) is 0 Å². The quantitative estimate of drug-likeness (QED) is 0.411. The van der Waals surface area contributed by atoms with Gasteiger partial charge in [0, 0.05) is 0 Å². The number of hydrogen-bond acceptors (Lipinski definition) is 3. The molecule has 5 aliphatic carbocycles. The van der Waals surface area contributed by atoms with Crippen molar-refractivity contribution in [2.45, 2.75) is 119 Å². The Balaban J connectivity index is 1.52. The molecule has 5 aliphatic rings. The van der Waals surface area contributed by atoms with Gasteiger partial charge in [0.15, 0.2) is 0 Å². The van der Waals surface area contributed by atoms with E-state index in [1.54, 1.807) is 0 Å². The molecule has 5 heteroatoms. The number of carbonyl (C=O) groups excluding carboxylic acids is 1. The molecule has 5 fully saturated rings. The number of aliphatic hydroxyl groups is 1. The number of fused-ring (bicyclic) bond motifs is 7. The molecular formula is C32H53NO4. The molecule has 0 bridgehead atoms. The van der Waals surface area contributed by atoms with Crippen molar-refractivity contribution in [3.05, 3.63) is 0 Å². The zero-order valence-electron chi connectivity index (χ0n) is 24.5. The van der Waals surface area contributed by atoms with Gasteiger partial charge in [0.25, 0.3) is 0 Å². The van der Waals surface area contributed by atoms with Crippen LogP contribution in [0, 0.1) is 62.6 Å². The molecule has 37 heavy (non-hydrogen) atoms. The molecule has 0 saturated heterocycles. The maximum absolute atomic E-state index is 13.8. The summed E-state index contributed by atoms with van der Waals surface area (Å²) in [6, 6.07) is 0. The van der Waals surface area contributed by atoms with Gasteiger partial charge in [-0.1, -0.05) is 48.5 Å². The summed E-state index contributed by atoms with van der Waals surface area (Å²) in [5.74, 6) is 2.16. The predicted molar refractivity (Wildman–Crippen MR) is 146 cm³/mol. The van der Waals surface area contributed by atoms with Crippen LogP contribution in [-0.4, -0.2) is 34.7 Å². The third kappa shape index (κ3) is 3.57. The second kappa shape index (κ2) is 8.70. The summed E-state index contributed by atoms with van der Waals surface area (Å²) in [7, 11) is 0. The monoisotopic (exact) mass is 515 g/mol. The number of carboxylic acids is 1. The lowest BCUT2D eigenvalue weighted by Crippen LogP contribution is -2.67. The second-order valence-electron chi connectivity index (χ2n) is 15.7. The molecule has 0 aliphatic heterocycles. The lowest BCUT2D eigenvalue weighted by Gasteiger charge is -2.72. The highest BCUT2D eigenvalue weighted by Gasteiger charge is 2.71. The van der Waals surface area contributed by atoms with Crippen molar-refractivity contribution in [2.75, 3.05) is 6.54 Å². The van der Waals surface area contributed by atoms with Crippen molar-refractivity contribution in [1.82, 2.24) is 5.32 Å². The Morgan fingerprint density at radius 3 is 2.19 bits per heavy atom. The van der Waals surface area contributed by atoms with Crippen LogP contribution >= 0.6 is 0 Å². The predicted octanol–water partition coefficient (Wildman–Crippen LogP) is 6.29. The Morgan fingerprint density at radius 1 is 0.838 bits per heavy atom. The van der Waals surface area contributed by atoms with Crippen LogP contribution in [0.15, 0.2) is 0 Å². The van der Waals surface area contributed by atoms with Crippen molar-refractivity contribution < 1.29 is 19.8 Å². The van der Waals surface area contributed by atoms with Gasteiger partial charge in [0.1, 0.15) is 6.54 Å². The third-order valence-electron chi connectivity index (χ3n) is 14.2. The van der Waals surface area contributed by atoms with Crippen molar-refractivity contribution in [1.29, 1.82) is 0 Å². The Kier molecular flexibility index (Phi) is 6.46. The number of carboxylic acid groups (broad SMARTS) is 1. The molecule has 5 unspecified atom stereocenters. The number of aliphatic carboxylic acids is 1. The summed E-state index contributed by atoms with van der Waals surface area (Å²) in [5.41, 5.74) is 0.223. The number of carbonyl (C=O) groups is 2. The number of nitrogens with one attached hydrogen (secondary N) is 1. The molecule has 5 saturated carbocycles. The molecule has 1 amide bonds. The highest BCUT2D eigenvalue weighted by molar-refractivity contribution is 5.86. The molecule has 210 valence electrons. The highest BCUT2D eigenvalue weighted by atomic mass is 16.4. The van der Waals surface area contributed by atoms with E-state index in [1.165, 1.54) is 25.7 Å². The van der Waals surface area contributed by atoms with E-state index in [9.17, 15) is 19.8 Å². The van der Waals surface area contributed by atoms with E-state index in [-0.39, 0.29) is 40.2 Å². The van der Waals surface area contributed by atoms with Gasteiger partial charge in [-0.05, 0) is 121 Å². The molecule has 5 nitrogen and oxygen atoms in total. The van der Waals surface area contributed by atoms with E-state index in [2.05, 4.69) is 53.8 Å². The van der Waals surface area contributed by atoms with Crippen LogP contribution in [0.3, 0.4) is 0 Å². The largest absolute Gasteiger partial charge is 0.480 e. The smallest absolute Gasteiger partial charge is 0.322 e. The van der Waals surface area contributed by atoms with Crippen LogP contribution in [0.2, 0.25) is 0 Å². The first-order valence-corrected chi connectivity index (χ1v) is 15.3. The highest BCUT2D eigenvalue weighted by Crippen LogP contribution is 2.77. The molecule has 0 aromatic rings. The Labute approximate surface area is 224 Å². The van der Waals surface area contributed by atoms with Gasteiger partial charge in [-0.25, -0.2) is 0 Å². The number of aliphatic hydroxyl groups excluding tert-OH is 1. The van der Waals surface area contributed by atoms with Crippen LogP contribution in [-0.2, 0) is 9.59 Å². The van der Waals surface area contributed by atoms with E-state index < -0.39 is 11.4 Å². The minimum absolute atomic E-state index is 0.0102. The van der Waals surface area contributed by atoms with Gasteiger partial charge in [-0.15, -0.1) is 0 Å². The molecule has 0 radical (unpaired) electrons.